The summed E-state index contributed by atoms with van der Waals surface area (Å²) < 4.78 is 0. The molecular weight excluding hydrogens is 244 g/mol. The maximum Gasteiger partial charge on any atom is 0.303 e. The molecule has 0 aliphatic carbocycles. The minimum Gasteiger partial charge on any atom is -0.481 e. The Bertz CT molecular complexity index is 269. The quantitative estimate of drug-likeness (QED) is 0.535. The predicted molar refractivity (Wildman–Crippen MR) is 75.8 cm³/mol. The van der Waals surface area contributed by atoms with Gasteiger partial charge in [0.1, 0.15) is 0 Å². The fourth-order valence-corrected chi connectivity index (χ4v) is 2.14. The summed E-state index contributed by atoms with van der Waals surface area (Å²) in [4.78, 5) is 22.2. The van der Waals surface area contributed by atoms with Gasteiger partial charge in [-0.15, -0.1) is 0 Å². The number of carbonyl (C=O) groups is 2. The topological polar surface area (TPSA) is 92.4 Å². The number of carboxylic acid groups (broad SMARTS) is 1. The molecule has 112 valence electrons. The van der Waals surface area contributed by atoms with Gasteiger partial charge in [-0.25, -0.2) is 0 Å². The molecule has 4 N–H and O–H groups in total. The summed E-state index contributed by atoms with van der Waals surface area (Å²) in [5.74, 6) is -0.491. The van der Waals surface area contributed by atoms with Gasteiger partial charge in [0.05, 0.1) is 6.04 Å². The molecule has 19 heavy (non-hydrogen) atoms. The molecule has 0 saturated carbocycles. The highest BCUT2D eigenvalue weighted by molar-refractivity contribution is 5.81. The van der Waals surface area contributed by atoms with Crippen LogP contribution in [0, 0.1) is 5.92 Å². The highest BCUT2D eigenvalue weighted by Crippen LogP contribution is 2.17. The summed E-state index contributed by atoms with van der Waals surface area (Å²) >= 11 is 0. The third-order valence-corrected chi connectivity index (χ3v) is 3.25. The number of hydrogen-bond donors (Lipinski definition) is 3. The maximum atomic E-state index is 11.6. The number of amides is 1. The lowest BCUT2D eigenvalue weighted by molar-refractivity contribution is -0.137. The fourth-order valence-electron chi connectivity index (χ4n) is 2.14. The Balaban J connectivity index is 3.90. The lowest BCUT2D eigenvalue weighted by Gasteiger charge is -2.16. The van der Waals surface area contributed by atoms with Gasteiger partial charge in [-0.1, -0.05) is 33.1 Å². The van der Waals surface area contributed by atoms with Crippen LogP contribution < -0.4 is 11.1 Å². The molecule has 0 fully saturated rings. The number of carboxylic acids is 1. The standard InChI is InChI=1S/C14H28N2O3/c1-3-5-11(7-8-13(17)18)9-10-16-14(19)12(15)6-4-2/h11-12H,3-10,15H2,1-2H3,(H,16,19)(H,17,18)/t11?,12-/m0/s1. The van der Waals surface area contributed by atoms with Crippen molar-refractivity contribution in [2.75, 3.05) is 6.54 Å². The highest BCUT2D eigenvalue weighted by atomic mass is 16.4. The van der Waals surface area contributed by atoms with Crippen molar-refractivity contribution in [3.63, 3.8) is 0 Å². The summed E-state index contributed by atoms with van der Waals surface area (Å²) in [5.41, 5.74) is 5.71. The van der Waals surface area contributed by atoms with Crippen molar-refractivity contribution in [3.05, 3.63) is 0 Å². The molecule has 5 nitrogen and oxygen atoms in total. The lowest BCUT2D eigenvalue weighted by atomic mass is 9.94. The van der Waals surface area contributed by atoms with Crippen molar-refractivity contribution in [1.82, 2.24) is 5.32 Å². The van der Waals surface area contributed by atoms with Crippen LogP contribution in [0.25, 0.3) is 0 Å². The molecule has 0 aliphatic heterocycles. The Hall–Kier alpha value is -1.10. The third kappa shape index (κ3) is 9.47. The first-order valence-electron chi connectivity index (χ1n) is 7.26. The summed E-state index contributed by atoms with van der Waals surface area (Å²) in [6.45, 7) is 4.67. The van der Waals surface area contributed by atoms with E-state index < -0.39 is 12.0 Å². The number of nitrogens with two attached hydrogens (primary N) is 1. The molecule has 1 unspecified atom stereocenters. The molecule has 0 radical (unpaired) electrons. The Morgan fingerprint density at radius 1 is 1.11 bits per heavy atom. The van der Waals surface area contributed by atoms with Crippen LogP contribution >= 0.6 is 0 Å². The molecular formula is C14H28N2O3. The fraction of sp³-hybridized carbons (Fsp3) is 0.857. The Labute approximate surface area is 115 Å². The van der Waals surface area contributed by atoms with E-state index in [9.17, 15) is 9.59 Å². The zero-order chi connectivity index (χ0) is 14.7. The van der Waals surface area contributed by atoms with Crippen LogP contribution in [0.5, 0.6) is 0 Å². The molecule has 5 heteroatoms. The smallest absolute Gasteiger partial charge is 0.303 e. The molecule has 0 aliphatic rings. The van der Waals surface area contributed by atoms with Crippen LogP contribution in [-0.2, 0) is 9.59 Å². The van der Waals surface area contributed by atoms with Crippen molar-refractivity contribution < 1.29 is 14.7 Å². The average Bonchev–Trinajstić information content (AvgIpc) is 2.35. The molecule has 0 bridgehead atoms. The normalized spacial score (nSPS) is 13.8. The van der Waals surface area contributed by atoms with Crippen molar-refractivity contribution >= 4 is 11.9 Å². The van der Waals surface area contributed by atoms with Gasteiger partial charge in [0, 0.05) is 13.0 Å². The molecule has 0 heterocycles. The van der Waals surface area contributed by atoms with Crippen molar-refractivity contribution in [3.8, 4) is 0 Å². The molecule has 1 amide bonds. The summed E-state index contributed by atoms with van der Waals surface area (Å²) in [5, 5.41) is 11.5. The van der Waals surface area contributed by atoms with Crippen LogP contribution in [0.3, 0.4) is 0 Å². The Kier molecular flexibility index (Phi) is 10.2. The number of rotatable bonds is 11. The molecule has 0 aromatic heterocycles. The molecule has 0 rings (SSSR count). The first-order chi connectivity index (χ1) is 9.01. The highest BCUT2D eigenvalue weighted by Gasteiger charge is 2.14. The van der Waals surface area contributed by atoms with Crippen LogP contribution in [0.4, 0.5) is 0 Å². The van der Waals surface area contributed by atoms with Gasteiger partial charge in [0.2, 0.25) is 5.91 Å². The zero-order valence-electron chi connectivity index (χ0n) is 12.2. The Morgan fingerprint density at radius 2 is 1.74 bits per heavy atom. The van der Waals surface area contributed by atoms with Gasteiger partial charge < -0.3 is 16.2 Å². The second-order valence-corrected chi connectivity index (χ2v) is 5.06. The van der Waals surface area contributed by atoms with E-state index in [4.69, 9.17) is 10.8 Å². The first kappa shape index (κ1) is 17.9. The van der Waals surface area contributed by atoms with Gasteiger partial charge in [-0.2, -0.15) is 0 Å². The molecule has 2 atom stereocenters. The second kappa shape index (κ2) is 10.8. The van der Waals surface area contributed by atoms with Gasteiger partial charge in [-0.05, 0) is 25.2 Å². The average molecular weight is 272 g/mol. The van der Waals surface area contributed by atoms with Crippen molar-refractivity contribution in [2.24, 2.45) is 11.7 Å². The van der Waals surface area contributed by atoms with E-state index in [0.717, 1.165) is 25.7 Å². The summed E-state index contributed by atoms with van der Waals surface area (Å²) in [6, 6.07) is -0.423. The molecule has 0 spiro atoms. The van der Waals surface area contributed by atoms with Crippen LogP contribution in [0.1, 0.15) is 58.8 Å². The predicted octanol–water partition coefficient (Wildman–Crippen LogP) is 1.90. The van der Waals surface area contributed by atoms with E-state index in [0.29, 0.717) is 25.3 Å². The van der Waals surface area contributed by atoms with Gasteiger partial charge in [0.15, 0.2) is 0 Å². The van der Waals surface area contributed by atoms with Crippen LogP contribution in [0.15, 0.2) is 0 Å². The lowest BCUT2D eigenvalue weighted by Crippen LogP contribution is -2.41. The van der Waals surface area contributed by atoms with E-state index in [-0.39, 0.29) is 12.3 Å². The largest absolute Gasteiger partial charge is 0.481 e. The second-order valence-electron chi connectivity index (χ2n) is 5.06. The first-order valence-corrected chi connectivity index (χ1v) is 7.26. The number of carbonyl (C=O) groups excluding carboxylic acids is 1. The van der Waals surface area contributed by atoms with Gasteiger partial charge in [0.25, 0.3) is 0 Å². The SMILES string of the molecule is CCCC(CCNC(=O)[C@@H](N)CCC)CCC(=O)O. The van der Waals surface area contributed by atoms with Crippen LogP contribution in [0.2, 0.25) is 0 Å². The minimum absolute atomic E-state index is 0.102. The summed E-state index contributed by atoms with van der Waals surface area (Å²) in [7, 11) is 0. The maximum absolute atomic E-state index is 11.6. The third-order valence-electron chi connectivity index (χ3n) is 3.25. The van der Waals surface area contributed by atoms with E-state index in [1.165, 1.54) is 0 Å². The van der Waals surface area contributed by atoms with E-state index in [1.54, 1.807) is 0 Å². The monoisotopic (exact) mass is 272 g/mol. The van der Waals surface area contributed by atoms with Crippen LogP contribution in [-0.4, -0.2) is 29.6 Å². The number of aliphatic carboxylic acids is 1. The molecule has 0 aromatic rings. The Morgan fingerprint density at radius 3 is 2.26 bits per heavy atom. The minimum atomic E-state index is -0.755. The van der Waals surface area contributed by atoms with E-state index >= 15 is 0 Å². The molecule has 0 aromatic carbocycles. The van der Waals surface area contributed by atoms with Crippen molar-refractivity contribution in [1.29, 1.82) is 0 Å². The molecule has 0 saturated heterocycles. The van der Waals surface area contributed by atoms with E-state index in [1.807, 2.05) is 6.92 Å². The zero-order valence-corrected chi connectivity index (χ0v) is 12.2. The number of hydrogen-bond acceptors (Lipinski definition) is 3. The van der Waals surface area contributed by atoms with Gasteiger partial charge in [-0.3, -0.25) is 9.59 Å². The summed E-state index contributed by atoms with van der Waals surface area (Å²) in [6.07, 6.45) is 5.34. The van der Waals surface area contributed by atoms with Crippen molar-refractivity contribution in [2.45, 2.75) is 64.8 Å². The number of nitrogens with one attached hydrogen (secondary N) is 1. The van der Waals surface area contributed by atoms with E-state index in [2.05, 4.69) is 12.2 Å². The van der Waals surface area contributed by atoms with Gasteiger partial charge >= 0.3 is 5.97 Å².